The predicted molar refractivity (Wildman–Crippen MR) is 74.5 cm³/mol. The van der Waals surface area contributed by atoms with E-state index in [0.717, 1.165) is 19.4 Å². The molecule has 6 nitrogen and oxygen atoms in total. The number of carbonyl (C=O) groups excluding carboxylic acids is 1. The normalized spacial score (nSPS) is 23.3. The molecule has 118 valence electrons. The molecule has 1 rings (SSSR count). The number of carbonyl (C=O) groups is 1. The number of hydrogen-bond donors (Lipinski definition) is 1. The summed E-state index contributed by atoms with van der Waals surface area (Å²) in [6.07, 6.45) is 1.23. The molecular weight excluding hydrogens is 262 g/mol. The summed E-state index contributed by atoms with van der Waals surface area (Å²) < 4.78 is 15.2. The van der Waals surface area contributed by atoms with Crippen molar-refractivity contribution in [2.45, 2.75) is 32.0 Å². The third-order valence-corrected chi connectivity index (χ3v) is 3.48. The molecule has 0 saturated carbocycles. The summed E-state index contributed by atoms with van der Waals surface area (Å²) in [4.78, 5) is 13.6. The number of hydrogen-bond acceptors (Lipinski definition) is 6. The lowest BCUT2D eigenvalue weighted by molar-refractivity contribution is -0.147. The van der Waals surface area contributed by atoms with E-state index in [-0.39, 0.29) is 24.6 Å². The maximum Gasteiger partial charge on any atom is 0.309 e. The van der Waals surface area contributed by atoms with Crippen molar-refractivity contribution in [2.24, 2.45) is 5.92 Å². The minimum atomic E-state index is -0.550. The van der Waals surface area contributed by atoms with Gasteiger partial charge < -0.3 is 19.3 Å². The van der Waals surface area contributed by atoms with E-state index in [1.807, 2.05) is 6.92 Å². The van der Waals surface area contributed by atoms with Gasteiger partial charge in [0.05, 0.1) is 38.4 Å². The Bertz CT molecular complexity index is 287. The third kappa shape index (κ3) is 6.17. The van der Waals surface area contributed by atoms with Crippen LogP contribution in [0, 0.1) is 5.92 Å². The van der Waals surface area contributed by atoms with Gasteiger partial charge in [0.25, 0.3) is 0 Å². The first-order valence-corrected chi connectivity index (χ1v) is 7.15. The van der Waals surface area contributed by atoms with Crippen molar-refractivity contribution in [3.63, 3.8) is 0 Å². The van der Waals surface area contributed by atoms with Gasteiger partial charge in [0.15, 0.2) is 0 Å². The van der Waals surface area contributed by atoms with Gasteiger partial charge in [-0.25, -0.2) is 0 Å². The van der Waals surface area contributed by atoms with Gasteiger partial charge in [-0.1, -0.05) is 0 Å². The van der Waals surface area contributed by atoms with Gasteiger partial charge >= 0.3 is 5.97 Å². The number of likely N-dealkylation sites (tertiary alicyclic amines) is 1. The third-order valence-electron chi connectivity index (χ3n) is 3.48. The number of aliphatic hydroxyl groups excluding tert-OH is 1. The van der Waals surface area contributed by atoms with Crippen molar-refractivity contribution in [3.8, 4) is 0 Å². The highest BCUT2D eigenvalue weighted by atomic mass is 16.5. The van der Waals surface area contributed by atoms with Gasteiger partial charge in [-0.15, -0.1) is 0 Å². The van der Waals surface area contributed by atoms with Crippen LogP contribution >= 0.6 is 0 Å². The smallest absolute Gasteiger partial charge is 0.309 e. The molecule has 6 heteroatoms. The summed E-state index contributed by atoms with van der Waals surface area (Å²) in [6, 6.07) is 0. The number of esters is 1. The van der Waals surface area contributed by atoms with Crippen LogP contribution in [-0.2, 0) is 19.0 Å². The number of nitrogens with zero attached hydrogens (tertiary/aromatic N) is 1. The van der Waals surface area contributed by atoms with Crippen molar-refractivity contribution in [1.29, 1.82) is 0 Å². The quantitative estimate of drug-likeness (QED) is 0.648. The molecule has 0 bridgehead atoms. The van der Waals surface area contributed by atoms with Crippen LogP contribution in [0.15, 0.2) is 0 Å². The van der Waals surface area contributed by atoms with Crippen LogP contribution in [0.3, 0.4) is 0 Å². The highest BCUT2D eigenvalue weighted by Gasteiger charge is 2.27. The van der Waals surface area contributed by atoms with Gasteiger partial charge in [0.1, 0.15) is 0 Å². The average molecular weight is 289 g/mol. The largest absolute Gasteiger partial charge is 0.469 e. The Labute approximate surface area is 121 Å². The lowest BCUT2D eigenvalue weighted by Crippen LogP contribution is -2.44. The molecule has 0 aliphatic carbocycles. The Balaban J connectivity index is 2.27. The van der Waals surface area contributed by atoms with E-state index in [1.54, 1.807) is 7.11 Å². The van der Waals surface area contributed by atoms with Crippen LogP contribution in [-0.4, -0.2) is 75.3 Å². The lowest BCUT2D eigenvalue weighted by Gasteiger charge is -2.32. The molecule has 1 fully saturated rings. The molecule has 0 radical (unpaired) electrons. The number of rotatable bonds is 8. The van der Waals surface area contributed by atoms with E-state index in [1.165, 1.54) is 7.11 Å². The summed E-state index contributed by atoms with van der Waals surface area (Å²) in [5, 5.41) is 9.98. The molecule has 3 unspecified atom stereocenters. The topological polar surface area (TPSA) is 68.2 Å². The van der Waals surface area contributed by atoms with Crippen molar-refractivity contribution in [1.82, 2.24) is 4.90 Å². The van der Waals surface area contributed by atoms with Gasteiger partial charge in [-0.2, -0.15) is 0 Å². The fourth-order valence-corrected chi connectivity index (χ4v) is 2.49. The van der Waals surface area contributed by atoms with Gasteiger partial charge in [-0.05, 0) is 26.3 Å². The van der Waals surface area contributed by atoms with Crippen LogP contribution in [0.4, 0.5) is 0 Å². The van der Waals surface area contributed by atoms with Crippen molar-refractivity contribution in [2.75, 3.05) is 47.1 Å². The fraction of sp³-hybridized carbons (Fsp3) is 0.929. The van der Waals surface area contributed by atoms with Crippen LogP contribution in [0.5, 0.6) is 0 Å². The molecule has 0 aromatic heterocycles. The van der Waals surface area contributed by atoms with Crippen molar-refractivity contribution in [3.05, 3.63) is 0 Å². The molecule has 0 amide bonds. The number of piperidine rings is 1. The van der Waals surface area contributed by atoms with Gasteiger partial charge in [-0.3, -0.25) is 9.69 Å². The zero-order chi connectivity index (χ0) is 15.0. The zero-order valence-electron chi connectivity index (χ0n) is 12.7. The van der Waals surface area contributed by atoms with Crippen LogP contribution < -0.4 is 0 Å². The molecule has 1 aliphatic heterocycles. The summed E-state index contributed by atoms with van der Waals surface area (Å²) in [6.45, 7) is 4.78. The monoisotopic (exact) mass is 289 g/mol. The standard InChI is InChI=1S/C14H27NO5/c1-11(9-18-2)20-10-13(16)8-15-6-4-5-12(7-15)14(17)19-3/h11-13,16H,4-10H2,1-3H3. The Kier molecular flexibility index (Phi) is 8.06. The Hall–Kier alpha value is -0.690. The second-order valence-electron chi connectivity index (χ2n) is 5.38. The maximum absolute atomic E-state index is 11.5. The van der Waals surface area contributed by atoms with Gasteiger partial charge in [0, 0.05) is 20.2 Å². The van der Waals surface area contributed by atoms with Crippen LogP contribution in [0.2, 0.25) is 0 Å². The molecule has 1 saturated heterocycles. The average Bonchev–Trinajstić information content (AvgIpc) is 2.45. The fourth-order valence-electron chi connectivity index (χ4n) is 2.49. The molecule has 0 aromatic carbocycles. The summed E-state index contributed by atoms with van der Waals surface area (Å²) >= 11 is 0. The molecule has 3 atom stereocenters. The first-order valence-electron chi connectivity index (χ1n) is 7.15. The second-order valence-corrected chi connectivity index (χ2v) is 5.38. The number of β-amino-alcohol motifs (C(OH)–C–C–N with tert-alkyl or cyclic N) is 1. The molecule has 0 spiro atoms. The van der Waals surface area contributed by atoms with Crippen molar-refractivity contribution >= 4 is 5.97 Å². The molecule has 1 N–H and O–H groups in total. The molecular formula is C14H27NO5. The molecule has 1 aliphatic rings. The van der Waals surface area contributed by atoms with E-state index in [4.69, 9.17) is 14.2 Å². The second kappa shape index (κ2) is 9.28. The number of ether oxygens (including phenoxy) is 3. The lowest BCUT2D eigenvalue weighted by atomic mass is 9.98. The first-order chi connectivity index (χ1) is 9.56. The van der Waals surface area contributed by atoms with Crippen molar-refractivity contribution < 1.29 is 24.1 Å². The maximum atomic E-state index is 11.5. The van der Waals surface area contributed by atoms with E-state index in [9.17, 15) is 9.90 Å². The highest BCUT2D eigenvalue weighted by Crippen LogP contribution is 2.17. The van der Waals surface area contributed by atoms with E-state index in [2.05, 4.69) is 4.90 Å². The Morgan fingerprint density at radius 1 is 1.40 bits per heavy atom. The van der Waals surface area contributed by atoms with Crippen LogP contribution in [0.1, 0.15) is 19.8 Å². The Morgan fingerprint density at radius 2 is 2.15 bits per heavy atom. The van der Waals surface area contributed by atoms with E-state index in [0.29, 0.717) is 19.7 Å². The van der Waals surface area contributed by atoms with E-state index >= 15 is 0 Å². The minimum Gasteiger partial charge on any atom is -0.469 e. The summed E-state index contributed by atoms with van der Waals surface area (Å²) in [7, 11) is 3.04. The summed E-state index contributed by atoms with van der Waals surface area (Å²) in [5.74, 6) is -0.233. The highest BCUT2D eigenvalue weighted by molar-refractivity contribution is 5.72. The number of aliphatic hydroxyl groups is 1. The summed E-state index contributed by atoms with van der Waals surface area (Å²) in [5.41, 5.74) is 0. The molecule has 20 heavy (non-hydrogen) atoms. The molecule has 0 aromatic rings. The molecule has 1 heterocycles. The Morgan fingerprint density at radius 3 is 2.80 bits per heavy atom. The zero-order valence-corrected chi connectivity index (χ0v) is 12.7. The SMILES string of the molecule is COCC(C)OCC(O)CN1CCCC(C(=O)OC)C1. The van der Waals surface area contributed by atoms with Crippen LogP contribution in [0.25, 0.3) is 0 Å². The number of methoxy groups -OCH3 is 2. The predicted octanol–water partition coefficient (Wildman–Crippen LogP) is 0.284. The van der Waals surface area contributed by atoms with Gasteiger partial charge in [0.2, 0.25) is 0 Å². The first kappa shape index (κ1) is 17.4. The minimum absolute atomic E-state index is 0.0289. The van der Waals surface area contributed by atoms with E-state index < -0.39 is 6.10 Å².